The van der Waals surface area contributed by atoms with E-state index in [2.05, 4.69) is 29.3 Å². The number of hydrogen-bond donors (Lipinski definition) is 1. The van der Waals surface area contributed by atoms with Crippen LogP contribution in [0.5, 0.6) is 0 Å². The summed E-state index contributed by atoms with van der Waals surface area (Å²) >= 11 is 6.20. The number of benzene rings is 1. The molecule has 1 aromatic carbocycles. The number of hydrogen-bond acceptors (Lipinski definition) is 2. The highest BCUT2D eigenvalue weighted by Gasteiger charge is 2.23. The van der Waals surface area contributed by atoms with Gasteiger partial charge in [-0.3, -0.25) is 0 Å². The third kappa shape index (κ3) is 4.14. The van der Waals surface area contributed by atoms with Crippen LogP contribution in [0, 0.1) is 5.92 Å². The van der Waals surface area contributed by atoms with Gasteiger partial charge < -0.3 is 10.2 Å². The van der Waals surface area contributed by atoms with Crippen molar-refractivity contribution in [2.45, 2.75) is 58.0 Å². The van der Waals surface area contributed by atoms with E-state index in [0.29, 0.717) is 0 Å². The van der Waals surface area contributed by atoms with Gasteiger partial charge in [0, 0.05) is 36.4 Å². The van der Waals surface area contributed by atoms with E-state index < -0.39 is 0 Å². The Bertz CT molecular complexity index is 462. The lowest BCUT2D eigenvalue weighted by atomic mass is 9.92. The molecule has 3 heteroatoms. The molecule has 3 rings (SSSR count). The molecule has 1 N–H and O–H groups in total. The maximum atomic E-state index is 6.20. The molecule has 1 saturated carbocycles. The van der Waals surface area contributed by atoms with Gasteiger partial charge in [-0.25, -0.2) is 0 Å². The van der Waals surface area contributed by atoms with Crippen LogP contribution < -0.4 is 10.2 Å². The zero-order chi connectivity index (χ0) is 14.7. The van der Waals surface area contributed by atoms with Gasteiger partial charge >= 0.3 is 0 Å². The van der Waals surface area contributed by atoms with Gasteiger partial charge in [-0.15, -0.1) is 0 Å². The number of piperidine rings is 1. The number of halogens is 1. The van der Waals surface area contributed by atoms with Gasteiger partial charge in [0.05, 0.1) is 0 Å². The Balaban J connectivity index is 1.66. The molecule has 0 bridgehead atoms. The summed E-state index contributed by atoms with van der Waals surface area (Å²) in [4.78, 5) is 2.56. The van der Waals surface area contributed by atoms with E-state index in [-0.39, 0.29) is 0 Å². The van der Waals surface area contributed by atoms with Gasteiger partial charge in [0.1, 0.15) is 0 Å². The van der Waals surface area contributed by atoms with Crippen molar-refractivity contribution in [3.63, 3.8) is 0 Å². The van der Waals surface area contributed by atoms with Crippen molar-refractivity contribution in [2.24, 2.45) is 5.92 Å². The van der Waals surface area contributed by atoms with E-state index in [1.165, 1.54) is 62.9 Å². The molecule has 1 aliphatic carbocycles. The fourth-order valence-electron chi connectivity index (χ4n) is 3.42. The summed E-state index contributed by atoms with van der Waals surface area (Å²) in [5.41, 5.74) is 2.76. The summed E-state index contributed by atoms with van der Waals surface area (Å²) in [6, 6.07) is 7.14. The Hall–Kier alpha value is -0.730. The Morgan fingerprint density at radius 3 is 2.62 bits per heavy atom. The van der Waals surface area contributed by atoms with E-state index in [1.54, 1.807) is 0 Å². The minimum Gasteiger partial charge on any atom is -0.371 e. The Labute approximate surface area is 133 Å². The number of rotatable bonds is 6. The molecular formula is C18H27ClN2. The summed E-state index contributed by atoms with van der Waals surface area (Å²) in [6.45, 7) is 5.65. The van der Waals surface area contributed by atoms with Gasteiger partial charge in [-0.05, 0) is 55.4 Å². The Kier molecular flexibility index (Phi) is 5.07. The summed E-state index contributed by atoms with van der Waals surface area (Å²) in [6.07, 6.45) is 8.06. The topological polar surface area (TPSA) is 15.3 Å². The largest absolute Gasteiger partial charge is 0.371 e. The van der Waals surface area contributed by atoms with Crippen LogP contribution >= 0.6 is 11.6 Å². The van der Waals surface area contributed by atoms with Crippen LogP contribution in [-0.2, 0) is 6.54 Å². The van der Waals surface area contributed by atoms with Crippen LogP contribution in [0.15, 0.2) is 18.2 Å². The quantitative estimate of drug-likeness (QED) is 0.825. The molecule has 0 spiro atoms. The second kappa shape index (κ2) is 7.02. The van der Waals surface area contributed by atoms with E-state index in [4.69, 9.17) is 11.6 Å². The van der Waals surface area contributed by atoms with Gasteiger partial charge in [-0.1, -0.05) is 31.4 Å². The lowest BCUT2D eigenvalue weighted by molar-refractivity contribution is 0.378. The minimum atomic E-state index is 0.743. The molecule has 1 aliphatic heterocycles. The highest BCUT2D eigenvalue weighted by molar-refractivity contribution is 6.30. The van der Waals surface area contributed by atoms with Gasteiger partial charge in [0.15, 0.2) is 0 Å². The first-order chi connectivity index (χ1) is 10.3. The van der Waals surface area contributed by atoms with Crippen LogP contribution in [0.4, 0.5) is 5.69 Å². The van der Waals surface area contributed by atoms with E-state index in [1.807, 2.05) is 6.07 Å². The lowest BCUT2D eigenvalue weighted by Gasteiger charge is -2.35. The lowest BCUT2D eigenvalue weighted by Crippen LogP contribution is -2.34. The molecular weight excluding hydrogens is 280 g/mol. The van der Waals surface area contributed by atoms with Crippen molar-refractivity contribution in [1.82, 2.24) is 5.32 Å². The maximum absolute atomic E-state index is 6.20. The molecule has 0 aromatic heterocycles. The first-order valence-electron chi connectivity index (χ1n) is 8.53. The highest BCUT2D eigenvalue weighted by Crippen LogP contribution is 2.30. The van der Waals surface area contributed by atoms with Crippen molar-refractivity contribution >= 4 is 17.3 Å². The molecule has 116 valence electrons. The number of nitrogens with zero attached hydrogens (tertiary/aromatic N) is 1. The van der Waals surface area contributed by atoms with Crippen LogP contribution in [0.25, 0.3) is 0 Å². The van der Waals surface area contributed by atoms with Gasteiger partial charge in [0.25, 0.3) is 0 Å². The zero-order valence-electron chi connectivity index (χ0n) is 13.1. The smallest absolute Gasteiger partial charge is 0.0412 e. The molecule has 0 radical (unpaired) electrons. The average molecular weight is 307 g/mol. The molecule has 1 saturated heterocycles. The van der Waals surface area contributed by atoms with Crippen LogP contribution in [0.2, 0.25) is 5.02 Å². The maximum Gasteiger partial charge on any atom is 0.0412 e. The van der Waals surface area contributed by atoms with Gasteiger partial charge in [0.2, 0.25) is 0 Å². The molecule has 1 heterocycles. The minimum absolute atomic E-state index is 0.743. The molecule has 1 aromatic rings. The fourth-order valence-corrected chi connectivity index (χ4v) is 3.61. The monoisotopic (exact) mass is 306 g/mol. The summed E-state index contributed by atoms with van der Waals surface area (Å²) in [5, 5.41) is 4.48. The standard InChI is InChI=1S/C18H27ClN2/c1-2-3-14-8-10-21(11-9-14)18-7-4-16(19)12-15(18)13-20-17-5-6-17/h4,7,12,14,17,20H,2-3,5-6,8-11,13H2,1H3. The predicted molar refractivity (Wildman–Crippen MR) is 91.2 cm³/mol. The second-order valence-electron chi connectivity index (χ2n) is 6.65. The number of anilines is 1. The summed E-state index contributed by atoms with van der Waals surface area (Å²) in [5.74, 6) is 0.937. The molecule has 0 atom stereocenters. The number of nitrogens with one attached hydrogen (secondary N) is 1. The Morgan fingerprint density at radius 2 is 1.95 bits per heavy atom. The Morgan fingerprint density at radius 1 is 1.19 bits per heavy atom. The van der Waals surface area contributed by atoms with E-state index >= 15 is 0 Å². The van der Waals surface area contributed by atoms with Crippen LogP contribution in [-0.4, -0.2) is 19.1 Å². The van der Waals surface area contributed by atoms with Gasteiger partial charge in [-0.2, -0.15) is 0 Å². The molecule has 21 heavy (non-hydrogen) atoms. The summed E-state index contributed by atoms with van der Waals surface area (Å²) in [7, 11) is 0. The highest BCUT2D eigenvalue weighted by atomic mass is 35.5. The van der Waals surface area contributed by atoms with Crippen molar-refractivity contribution in [1.29, 1.82) is 0 Å². The molecule has 2 nitrogen and oxygen atoms in total. The second-order valence-corrected chi connectivity index (χ2v) is 7.08. The van der Waals surface area contributed by atoms with Crippen LogP contribution in [0.1, 0.15) is 51.0 Å². The van der Waals surface area contributed by atoms with Crippen molar-refractivity contribution < 1.29 is 0 Å². The van der Waals surface area contributed by atoms with Crippen LogP contribution in [0.3, 0.4) is 0 Å². The summed E-state index contributed by atoms with van der Waals surface area (Å²) < 4.78 is 0. The van der Waals surface area contributed by atoms with Crippen molar-refractivity contribution in [3.05, 3.63) is 28.8 Å². The molecule has 2 aliphatic rings. The normalized spacial score (nSPS) is 20.0. The first-order valence-corrected chi connectivity index (χ1v) is 8.91. The fraction of sp³-hybridized carbons (Fsp3) is 0.667. The zero-order valence-corrected chi connectivity index (χ0v) is 13.8. The third-order valence-electron chi connectivity index (χ3n) is 4.85. The first kappa shape index (κ1) is 15.2. The predicted octanol–water partition coefficient (Wildman–Crippen LogP) is 4.61. The van der Waals surface area contributed by atoms with E-state index in [9.17, 15) is 0 Å². The van der Waals surface area contributed by atoms with E-state index in [0.717, 1.165) is 23.5 Å². The molecule has 0 amide bonds. The SMILES string of the molecule is CCCC1CCN(c2ccc(Cl)cc2CNC2CC2)CC1. The molecule has 0 unspecified atom stereocenters. The molecule has 2 fully saturated rings. The van der Waals surface area contributed by atoms with Crippen molar-refractivity contribution in [3.8, 4) is 0 Å². The third-order valence-corrected chi connectivity index (χ3v) is 5.09. The van der Waals surface area contributed by atoms with Crippen molar-refractivity contribution in [2.75, 3.05) is 18.0 Å². The average Bonchev–Trinajstić information content (AvgIpc) is 3.31.